The summed E-state index contributed by atoms with van der Waals surface area (Å²) < 4.78 is 32.3. The van der Waals surface area contributed by atoms with E-state index in [2.05, 4.69) is 10.5 Å². The zero-order valence-corrected chi connectivity index (χ0v) is 18.7. The first kappa shape index (κ1) is 21.5. The topological polar surface area (TPSA) is 113 Å². The molecule has 2 aromatic rings. The van der Waals surface area contributed by atoms with Gasteiger partial charge in [0, 0.05) is 43.9 Å². The molecular formula is C21H26N4O5S. The van der Waals surface area contributed by atoms with Gasteiger partial charge in [-0.25, -0.2) is 8.42 Å². The fourth-order valence-electron chi connectivity index (χ4n) is 4.38. The minimum atomic E-state index is -3.69. The third-order valence-corrected chi connectivity index (χ3v) is 8.16. The molecule has 1 saturated heterocycles. The Hall–Kier alpha value is -2.72. The van der Waals surface area contributed by atoms with Crippen LogP contribution in [0.3, 0.4) is 0 Å². The summed E-state index contributed by atoms with van der Waals surface area (Å²) in [6.07, 6.45) is 1.64. The molecule has 3 heterocycles. The summed E-state index contributed by atoms with van der Waals surface area (Å²) in [6.45, 7) is 5.92. The average molecular weight is 447 g/mol. The molecule has 0 radical (unpaired) electrons. The van der Waals surface area contributed by atoms with Crippen LogP contribution in [-0.2, 0) is 26.0 Å². The molecule has 1 aromatic carbocycles. The Morgan fingerprint density at radius 2 is 1.87 bits per heavy atom. The lowest BCUT2D eigenvalue weighted by atomic mass is 9.97. The first-order valence-electron chi connectivity index (χ1n) is 10.3. The maximum absolute atomic E-state index is 12.9. The molecule has 1 N–H and O–H groups in total. The van der Waals surface area contributed by atoms with Crippen LogP contribution in [-0.4, -0.2) is 49.3 Å². The van der Waals surface area contributed by atoms with E-state index in [9.17, 15) is 18.0 Å². The van der Waals surface area contributed by atoms with Gasteiger partial charge >= 0.3 is 0 Å². The predicted molar refractivity (Wildman–Crippen MR) is 114 cm³/mol. The molecule has 0 aliphatic carbocycles. The Morgan fingerprint density at radius 3 is 2.48 bits per heavy atom. The van der Waals surface area contributed by atoms with Gasteiger partial charge < -0.3 is 14.7 Å². The van der Waals surface area contributed by atoms with Crippen LogP contribution in [0.25, 0.3) is 0 Å². The van der Waals surface area contributed by atoms with Gasteiger partial charge in [-0.2, -0.15) is 4.31 Å². The van der Waals surface area contributed by atoms with Crippen LogP contribution >= 0.6 is 0 Å². The van der Waals surface area contributed by atoms with E-state index in [1.165, 1.54) is 4.31 Å². The molecule has 0 saturated carbocycles. The van der Waals surface area contributed by atoms with Crippen molar-refractivity contribution in [3.63, 3.8) is 0 Å². The van der Waals surface area contributed by atoms with Crippen molar-refractivity contribution in [2.45, 2.75) is 44.9 Å². The van der Waals surface area contributed by atoms with Crippen molar-refractivity contribution < 1.29 is 22.5 Å². The molecule has 0 spiro atoms. The van der Waals surface area contributed by atoms with Crippen molar-refractivity contribution in [2.75, 3.05) is 29.9 Å². The number of fused-ring (bicyclic) bond motifs is 1. The van der Waals surface area contributed by atoms with E-state index in [4.69, 9.17) is 4.52 Å². The van der Waals surface area contributed by atoms with Crippen molar-refractivity contribution >= 4 is 33.2 Å². The van der Waals surface area contributed by atoms with E-state index in [1.54, 1.807) is 31.7 Å². The molecule has 31 heavy (non-hydrogen) atoms. The number of rotatable bonds is 4. The van der Waals surface area contributed by atoms with Gasteiger partial charge in [0.1, 0.15) is 10.6 Å². The number of nitrogens with one attached hydrogen (secondary N) is 1. The van der Waals surface area contributed by atoms with Crippen LogP contribution < -0.4 is 10.2 Å². The lowest BCUT2D eigenvalue weighted by Gasteiger charge is -2.30. The number of piperidine rings is 1. The molecule has 1 aromatic heterocycles. The van der Waals surface area contributed by atoms with E-state index >= 15 is 0 Å². The maximum Gasteiger partial charge on any atom is 0.248 e. The smallest absolute Gasteiger partial charge is 0.248 e. The standard InChI is InChI=1S/C21H26N4O5S/c1-13-20(14(2)30-23-13)31(28,29)24-9-6-16(7-10-24)21(27)22-18-4-5-19-17(12-18)8-11-25(19)15(3)26/h4-5,12,16H,6-11H2,1-3H3,(H,22,27). The summed E-state index contributed by atoms with van der Waals surface area (Å²) in [7, 11) is -3.69. The second-order valence-corrected chi connectivity index (χ2v) is 9.96. The summed E-state index contributed by atoms with van der Waals surface area (Å²) in [5, 5.41) is 6.69. The summed E-state index contributed by atoms with van der Waals surface area (Å²) in [6, 6.07) is 5.57. The number of carbonyl (C=O) groups is 2. The number of hydrogen-bond acceptors (Lipinski definition) is 6. The van der Waals surface area contributed by atoms with Crippen molar-refractivity contribution in [3.05, 3.63) is 35.2 Å². The number of aromatic nitrogens is 1. The third kappa shape index (κ3) is 3.97. The lowest BCUT2D eigenvalue weighted by Crippen LogP contribution is -2.41. The number of hydrogen-bond donors (Lipinski definition) is 1. The van der Waals surface area contributed by atoms with E-state index in [-0.39, 0.29) is 41.5 Å². The molecule has 10 heteroatoms. The Balaban J connectivity index is 1.39. The highest BCUT2D eigenvalue weighted by atomic mass is 32.2. The number of benzene rings is 1. The minimum absolute atomic E-state index is 0.00818. The predicted octanol–water partition coefficient (Wildman–Crippen LogP) is 2.24. The van der Waals surface area contributed by atoms with Gasteiger partial charge in [-0.1, -0.05) is 5.16 Å². The fraction of sp³-hybridized carbons (Fsp3) is 0.476. The van der Waals surface area contributed by atoms with E-state index in [0.29, 0.717) is 30.8 Å². The molecule has 9 nitrogen and oxygen atoms in total. The molecule has 0 unspecified atom stereocenters. The monoisotopic (exact) mass is 446 g/mol. The highest BCUT2D eigenvalue weighted by molar-refractivity contribution is 7.89. The van der Waals surface area contributed by atoms with Crippen LogP contribution in [0.4, 0.5) is 11.4 Å². The Labute approximate surface area is 181 Å². The lowest BCUT2D eigenvalue weighted by molar-refractivity contribution is -0.121. The Kier molecular flexibility index (Phi) is 5.61. The summed E-state index contributed by atoms with van der Waals surface area (Å²) in [4.78, 5) is 26.3. The van der Waals surface area contributed by atoms with E-state index in [1.807, 2.05) is 12.1 Å². The number of carbonyl (C=O) groups excluding carboxylic acids is 2. The number of sulfonamides is 1. The molecule has 0 bridgehead atoms. The zero-order chi connectivity index (χ0) is 22.3. The van der Waals surface area contributed by atoms with Crippen LogP contribution in [0, 0.1) is 19.8 Å². The van der Waals surface area contributed by atoms with Crippen LogP contribution in [0.2, 0.25) is 0 Å². The fourth-order valence-corrected chi connectivity index (χ4v) is 6.14. The highest BCUT2D eigenvalue weighted by Gasteiger charge is 2.35. The van der Waals surface area contributed by atoms with Crippen molar-refractivity contribution in [1.82, 2.24) is 9.46 Å². The summed E-state index contributed by atoms with van der Waals surface area (Å²) in [5.74, 6) is -0.0972. The van der Waals surface area contributed by atoms with E-state index in [0.717, 1.165) is 17.7 Å². The number of anilines is 2. The van der Waals surface area contributed by atoms with Crippen LogP contribution in [0.5, 0.6) is 0 Å². The van der Waals surface area contributed by atoms with Gasteiger partial charge in [0.25, 0.3) is 0 Å². The minimum Gasteiger partial charge on any atom is -0.360 e. The second kappa shape index (κ2) is 8.08. The molecule has 0 atom stereocenters. The highest BCUT2D eigenvalue weighted by Crippen LogP contribution is 2.32. The molecule has 2 aliphatic heterocycles. The van der Waals surface area contributed by atoms with Gasteiger partial charge in [0.2, 0.25) is 21.8 Å². The third-order valence-electron chi connectivity index (χ3n) is 6.01. The quantitative estimate of drug-likeness (QED) is 0.771. The molecule has 2 aliphatic rings. The normalized spacial score (nSPS) is 17.6. The maximum atomic E-state index is 12.9. The van der Waals surface area contributed by atoms with Crippen LogP contribution in [0.15, 0.2) is 27.6 Å². The van der Waals surface area contributed by atoms with E-state index < -0.39 is 10.0 Å². The van der Waals surface area contributed by atoms with Crippen LogP contribution in [0.1, 0.15) is 36.8 Å². The molecule has 1 fully saturated rings. The first-order chi connectivity index (χ1) is 14.7. The van der Waals surface area contributed by atoms with Gasteiger partial charge in [-0.3, -0.25) is 9.59 Å². The summed E-state index contributed by atoms with van der Waals surface area (Å²) >= 11 is 0. The molecular weight excluding hydrogens is 420 g/mol. The SMILES string of the molecule is CC(=O)N1CCc2cc(NC(=O)C3CCN(S(=O)(=O)c4c(C)noc4C)CC3)ccc21. The van der Waals surface area contributed by atoms with Crippen molar-refractivity contribution in [2.24, 2.45) is 5.92 Å². The molecule has 166 valence electrons. The summed E-state index contributed by atoms with van der Waals surface area (Å²) in [5.41, 5.74) is 2.97. The average Bonchev–Trinajstić information content (AvgIpc) is 3.30. The van der Waals surface area contributed by atoms with Gasteiger partial charge in [0.05, 0.1) is 0 Å². The number of nitrogens with zero attached hydrogens (tertiary/aromatic N) is 3. The van der Waals surface area contributed by atoms with Crippen molar-refractivity contribution in [3.8, 4) is 0 Å². The number of amides is 2. The molecule has 2 amide bonds. The van der Waals surface area contributed by atoms with Crippen molar-refractivity contribution in [1.29, 1.82) is 0 Å². The Bertz CT molecular complexity index is 1110. The van der Waals surface area contributed by atoms with Gasteiger partial charge in [0.15, 0.2) is 5.76 Å². The first-order valence-corrected chi connectivity index (χ1v) is 11.8. The zero-order valence-electron chi connectivity index (χ0n) is 17.8. The largest absolute Gasteiger partial charge is 0.360 e. The Morgan fingerprint density at radius 1 is 1.16 bits per heavy atom. The van der Waals surface area contributed by atoms with Gasteiger partial charge in [-0.05, 0) is 56.9 Å². The number of aryl methyl sites for hydroxylation is 2. The molecule has 4 rings (SSSR count). The second-order valence-electron chi connectivity index (χ2n) is 8.09. The van der Waals surface area contributed by atoms with Gasteiger partial charge in [-0.15, -0.1) is 0 Å².